The lowest BCUT2D eigenvalue weighted by Gasteiger charge is -2.06. The highest BCUT2D eigenvalue weighted by atomic mass is 16.5. The van der Waals surface area contributed by atoms with Gasteiger partial charge >= 0.3 is 0 Å². The highest BCUT2D eigenvalue weighted by Gasteiger charge is 2.12. The Morgan fingerprint density at radius 1 is 1.12 bits per heavy atom. The summed E-state index contributed by atoms with van der Waals surface area (Å²) in [7, 11) is 0. The lowest BCUT2D eigenvalue weighted by molar-refractivity contribution is 0.327. The van der Waals surface area contributed by atoms with E-state index in [0.29, 0.717) is 12.6 Å². The molecule has 1 aliphatic rings. The quantitative estimate of drug-likeness (QED) is 0.748. The maximum absolute atomic E-state index is 5.13. The normalized spacial score (nSPS) is 18.9. The number of ether oxygens (including phenoxy) is 1. The Hall–Kier alpha value is -1.83. The van der Waals surface area contributed by atoms with Gasteiger partial charge in [-0.25, -0.2) is 0 Å². The predicted molar refractivity (Wildman–Crippen MR) is 65.9 cm³/mol. The van der Waals surface area contributed by atoms with E-state index in [-0.39, 0.29) is 0 Å². The van der Waals surface area contributed by atoms with Crippen molar-refractivity contribution in [2.24, 2.45) is 4.99 Å². The Bertz CT molecular complexity index is 533. The number of aliphatic imine (C=N–C) groups is 1. The molecule has 0 aromatic heterocycles. The minimum atomic E-state index is 0.293. The largest absolute Gasteiger partial charge is 0.481 e. The van der Waals surface area contributed by atoms with Gasteiger partial charge in [-0.3, -0.25) is 4.99 Å². The van der Waals surface area contributed by atoms with Gasteiger partial charge in [0.15, 0.2) is 6.40 Å². The maximum atomic E-state index is 5.13. The van der Waals surface area contributed by atoms with E-state index >= 15 is 0 Å². The molecule has 0 radical (unpaired) electrons. The third-order valence-electron chi connectivity index (χ3n) is 2.92. The van der Waals surface area contributed by atoms with Crippen LogP contribution in [0.5, 0.6) is 0 Å². The lowest BCUT2D eigenvalue weighted by atomic mass is 10.0. The molecule has 0 aliphatic carbocycles. The minimum Gasteiger partial charge on any atom is -0.481 e. The fraction of sp³-hybridized carbons (Fsp3) is 0.214. The molecule has 0 bridgehead atoms. The average molecular weight is 211 g/mol. The first-order valence-corrected chi connectivity index (χ1v) is 5.53. The molecule has 0 fully saturated rings. The summed E-state index contributed by atoms with van der Waals surface area (Å²) < 4.78 is 5.13. The Labute approximate surface area is 94.6 Å². The molecule has 16 heavy (non-hydrogen) atoms. The van der Waals surface area contributed by atoms with E-state index in [1.54, 1.807) is 6.40 Å². The number of benzene rings is 2. The van der Waals surface area contributed by atoms with E-state index in [1.807, 2.05) is 0 Å². The van der Waals surface area contributed by atoms with Crippen LogP contribution in [0.3, 0.4) is 0 Å². The van der Waals surface area contributed by atoms with Gasteiger partial charge in [-0.1, -0.05) is 42.5 Å². The number of hydrogen-bond donors (Lipinski definition) is 0. The molecule has 2 aromatic carbocycles. The first-order valence-electron chi connectivity index (χ1n) is 5.53. The third-order valence-corrected chi connectivity index (χ3v) is 2.92. The summed E-state index contributed by atoms with van der Waals surface area (Å²) in [6, 6.07) is 15.3. The highest BCUT2D eigenvalue weighted by Crippen LogP contribution is 2.17. The van der Waals surface area contributed by atoms with Crippen molar-refractivity contribution in [1.29, 1.82) is 0 Å². The molecule has 80 valence electrons. The van der Waals surface area contributed by atoms with E-state index < -0.39 is 0 Å². The van der Waals surface area contributed by atoms with Gasteiger partial charge in [0.2, 0.25) is 0 Å². The van der Waals surface area contributed by atoms with Crippen LogP contribution < -0.4 is 0 Å². The number of fused-ring (bicyclic) bond motifs is 1. The maximum Gasteiger partial charge on any atom is 0.169 e. The van der Waals surface area contributed by atoms with Crippen molar-refractivity contribution >= 4 is 17.2 Å². The van der Waals surface area contributed by atoms with Crippen molar-refractivity contribution in [3.63, 3.8) is 0 Å². The van der Waals surface area contributed by atoms with Crippen LogP contribution in [0.4, 0.5) is 0 Å². The number of hydrogen-bond acceptors (Lipinski definition) is 2. The predicted octanol–water partition coefficient (Wildman–Crippen LogP) is 2.81. The molecule has 1 aliphatic heterocycles. The SMILES string of the molecule is C1=NC(Cc2ccc3ccccc3c2)CO1. The summed E-state index contributed by atoms with van der Waals surface area (Å²) in [6.07, 6.45) is 2.52. The molecule has 1 atom stereocenters. The molecule has 0 spiro atoms. The van der Waals surface area contributed by atoms with Crippen LogP contribution >= 0.6 is 0 Å². The molecular formula is C14H13NO. The first-order chi connectivity index (χ1) is 7.92. The molecular weight excluding hydrogens is 198 g/mol. The van der Waals surface area contributed by atoms with E-state index in [0.717, 1.165) is 6.42 Å². The standard InChI is InChI=1S/C14H13NO/c1-2-4-13-7-11(5-6-12(13)3-1)8-14-9-16-10-15-14/h1-7,10,14H,8-9H2. The molecule has 0 N–H and O–H groups in total. The Kier molecular flexibility index (Phi) is 2.33. The van der Waals surface area contributed by atoms with Crippen molar-refractivity contribution in [1.82, 2.24) is 0 Å². The van der Waals surface area contributed by atoms with Gasteiger partial charge in [0.05, 0.1) is 6.04 Å². The Balaban J connectivity index is 1.89. The van der Waals surface area contributed by atoms with E-state index in [9.17, 15) is 0 Å². The fourth-order valence-corrected chi connectivity index (χ4v) is 2.08. The van der Waals surface area contributed by atoms with Crippen LogP contribution in [0.1, 0.15) is 5.56 Å². The van der Waals surface area contributed by atoms with Gasteiger partial charge in [0.25, 0.3) is 0 Å². The van der Waals surface area contributed by atoms with E-state index in [4.69, 9.17) is 4.74 Å². The molecule has 2 heteroatoms. The third kappa shape index (κ3) is 1.78. The minimum absolute atomic E-state index is 0.293. The smallest absolute Gasteiger partial charge is 0.169 e. The summed E-state index contributed by atoms with van der Waals surface area (Å²) in [4.78, 5) is 4.26. The molecule has 2 aromatic rings. The summed E-state index contributed by atoms with van der Waals surface area (Å²) >= 11 is 0. The zero-order valence-corrected chi connectivity index (χ0v) is 8.97. The summed E-state index contributed by atoms with van der Waals surface area (Å²) in [5.41, 5.74) is 1.33. The second kappa shape index (κ2) is 3.97. The number of nitrogens with zero attached hydrogens (tertiary/aromatic N) is 1. The van der Waals surface area contributed by atoms with Gasteiger partial charge in [-0.05, 0) is 22.8 Å². The van der Waals surface area contributed by atoms with Crippen LogP contribution in [0.2, 0.25) is 0 Å². The van der Waals surface area contributed by atoms with Crippen molar-refractivity contribution in [2.45, 2.75) is 12.5 Å². The topological polar surface area (TPSA) is 21.6 Å². The van der Waals surface area contributed by atoms with Gasteiger partial charge in [-0.2, -0.15) is 0 Å². The van der Waals surface area contributed by atoms with Crippen molar-refractivity contribution in [2.75, 3.05) is 6.61 Å². The number of rotatable bonds is 2. The first kappa shape index (κ1) is 9.40. The molecule has 0 amide bonds. The van der Waals surface area contributed by atoms with Gasteiger partial charge < -0.3 is 4.74 Å². The highest BCUT2D eigenvalue weighted by molar-refractivity contribution is 5.83. The second-order valence-corrected chi connectivity index (χ2v) is 4.13. The zero-order valence-electron chi connectivity index (χ0n) is 8.97. The fourth-order valence-electron chi connectivity index (χ4n) is 2.08. The van der Waals surface area contributed by atoms with E-state index in [1.165, 1.54) is 16.3 Å². The van der Waals surface area contributed by atoms with Gasteiger partial charge in [-0.15, -0.1) is 0 Å². The molecule has 0 saturated heterocycles. The van der Waals surface area contributed by atoms with Gasteiger partial charge in [0, 0.05) is 0 Å². The molecule has 1 unspecified atom stereocenters. The van der Waals surface area contributed by atoms with Crippen LogP contribution in [0.15, 0.2) is 47.5 Å². The molecule has 3 rings (SSSR count). The molecule has 0 saturated carbocycles. The Morgan fingerprint density at radius 3 is 2.81 bits per heavy atom. The van der Waals surface area contributed by atoms with Crippen LogP contribution in [0.25, 0.3) is 10.8 Å². The summed E-state index contributed by atoms with van der Waals surface area (Å²) in [6.45, 7) is 0.715. The monoisotopic (exact) mass is 211 g/mol. The van der Waals surface area contributed by atoms with Crippen molar-refractivity contribution < 1.29 is 4.74 Å². The summed E-state index contributed by atoms with van der Waals surface area (Å²) in [5, 5.41) is 2.58. The average Bonchev–Trinajstić information content (AvgIpc) is 2.82. The van der Waals surface area contributed by atoms with Crippen LogP contribution in [-0.2, 0) is 11.2 Å². The Morgan fingerprint density at radius 2 is 2.00 bits per heavy atom. The van der Waals surface area contributed by atoms with Crippen LogP contribution in [0, 0.1) is 0 Å². The molecule has 2 nitrogen and oxygen atoms in total. The van der Waals surface area contributed by atoms with Crippen LogP contribution in [-0.4, -0.2) is 19.0 Å². The molecule has 1 heterocycles. The summed E-state index contributed by atoms with van der Waals surface area (Å²) in [5.74, 6) is 0. The van der Waals surface area contributed by atoms with Crippen molar-refractivity contribution in [3.8, 4) is 0 Å². The zero-order chi connectivity index (χ0) is 10.8. The van der Waals surface area contributed by atoms with E-state index in [2.05, 4.69) is 47.5 Å². The van der Waals surface area contributed by atoms with Crippen molar-refractivity contribution in [3.05, 3.63) is 48.0 Å². The van der Waals surface area contributed by atoms with Gasteiger partial charge in [0.1, 0.15) is 6.61 Å². The lowest BCUT2D eigenvalue weighted by Crippen LogP contribution is -2.09. The second-order valence-electron chi connectivity index (χ2n) is 4.13.